The molecule has 1 fully saturated rings. The number of nitrogens with zero attached hydrogens (tertiary/aromatic N) is 1. The predicted molar refractivity (Wildman–Crippen MR) is 78.2 cm³/mol. The van der Waals surface area contributed by atoms with Gasteiger partial charge in [-0.3, -0.25) is 0 Å². The van der Waals surface area contributed by atoms with Crippen molar-refractivity contribution in [2.45, 2.75) is 51.7 Å². The third-order valence-electron chi connectivity index (χ3n) is 3.69. The normalized spacial score (nSPS) is 25.4. The second-order valence-corrected chi connectivity index (χ2v) is 6.80. The molecule has 2 atom stereocenters. The van der Waals surface area contributed by atoms with Crippen LogP contribution in [0.2, 0.25) is 0 Å². The first-order chi connectivity index (χ1) is 9.21. The Morgan fingerprint density at radius 2 is 2.10 bits per heavy atom. The van der Waals surface area contributed by atoms with E-state index in [2.05, 4.69) is 0 Å². The third kappa shape index (κ3) is 4.92. The first-order valence-electron chi connectivity index (χ1n) is 7.27. The van der Waals surface area contributed by atoms with E-state index in [1.807, 2.05) is 20.8 Å². The molecular formula is C14H29N3O3. The first-order valence-corrected chi connectivity index (χ1v) is 7.27. The van der Waals surface area contributed by atoms with Crippen LogP contribution < -0.4 is 11.5 Å². The average molecular weight is 287 g/mol. The molecule has 1 saturated heterocycles. The van der Waals surface area contributed by atoms with Gasteiger partial charge < -0.3 is 26.2 Å². The molecule has 0 unspecified atom stereocenters. The van der Waals surface area contributed by atoms with Gasteiger partial charge in [-0.25, -0.2) is 4.79 Å². The minimum absolute atomic E-state index is 0.216. The van der Waals surface area contributed by atoms with E-state index < -0.39 is 11.7 Å². The van der Waals surface area contributed by atoms with E-state index in [1.54, 1.807) is 4.90 Å². The Kier molecular flexibility index (Phi) is 5.79. The summed E-state index contributed by atoms with van der Waals surface area (Å²) in [6, 6.07) is 0. The zero-order valence-electron chi connectivity index (χ0n) is 12.9. The molecule has 1 rings (SSSR count). The van der Waals surface area contributed by atoms with Gasteiger partial charge in [0.05, 0.1) is 6.10 Å². The number of hydrogen-bond donors (Lipinski definition) is 3. The predicted octanol–water partition coefficient (Wildman–Crippen LogP) is 0.672. The van der Waals surface area contributed by atoms with E-state index in [0.29, 0.717) is 26.1 Å². The Labute approximate surface area is 121 Å². The maximum Gasteiger partial charge on any atom is 0.410 e. The molecule has 0 aliphatic carbocycles. The molecule has 1 aliphatic rings. The first kappa shape index (κ1) is 17.2. The van der Waals surface area contributed by atoms with Crippen LogP contribution in [0.3, 0.4) is 0 Å². The van der Waals surface area contributed by atoms with Crippen molar-refractivity contribution in [3.63, 3.8) is 0 Å². The molecule has 5 N–H and O–H groups in total. The van der Waals surface area contributed by atoms with Gasteiger partial charge in [0, 0.05) is 25.0 Å². The molecule has 20 heavy (non-hydrogen) atoms. The Bertz CT molecular complexity index is 330. The fourth-order valence-corrected chi connectivity index (χ4v) is 2.69. The quantitative estimate of drug-likeness (QED) is 0.705. The highest BCUT2D eigenvalue weighted by atomic mass is 16.6. The highest BCUT2D eigenvalue weighted by Crippen LogP contribution is 2.34. The monoisotopic (exact) mass is 287 g/mol. The summed E-state index contributed by atoms with van der Waals surface area (Å²) in [5.41, 5.74) is 10.6. The van der Waals surface area contributed by atoms with Crippen LogP contribution in [0.15, 0.2) is 0 Å². The van der Waals surface area contributed by atoms with Crippen molar-refractivity contribution in [3.8, 4) is 0 Å². The Hall–Kier alpha value is -0.850. The molecular weight excluding hydrogens is 258 g/mol. The van der Waals surface area contributed by atoms with E-state index in [-0.39, 0.29) is 18.1 Å². The molecule has 0 aromatic rings. The average Bonchev–Trinajstić information content (AvgIpc) is 2.37. The molecule has 6 nitrogen and oxygen atoms in total. The van der Waals surface area contributed by atoms with E-state index in [1.165, 1.54) is 0 Å². The van der Waals surface area contributed by atoms with Crippen LogP contribution >= 0.6 is 0 Å². The molecule has 1 aliphatic heterocycles. The molecule has 0 aromatic carbocycles. The lowest BCUT2D eigenvalue weighted by Gasteiger charge is -2.43. The van der Waals surface area contributed by atoms with E-state index >= 15 is 0 Å². The van der Waals surface area contributed by atoms with Crippen LogP contribution in [0.25, 0.3) is 0 Å². The number of amides is 1. The maximum absolute atomic E-state index is 12.1. The van der Waals surface area contributed by atoms with Gasteiger partial charge in [0.25, 0.3) is 0 Å². The summed E-state index contributed by atoms with van der Waals surface area (Å²) >= 11 is 0. The van der Waals surface area contributed by atoms with E-state index in [4.69, 9.17) is 16.2 Å². The fourth-order valence-electron chi connectivity index (χ4n) is 2.69. The number of hydrogen-bond acceptors (Lipinski definition) is 5. The number of rotatable bonds is 4. The number of ether oxygens (including phenoxy) is 1. The number of aliphatic hydroxyl groups excluding tert-OH is 1. The lowest BCUT2D eigenvalue weighted by molar-refractivity contribution is -0.00484. The second-order valence-electron chi connectivity index (χ2n) is 6.80. The van der Waals surface area contributed by atoms with Crippen LogP contribution in [0.5, 0.6) is 0 Å². The summed E-state index contributed by atoms with van der Waals surface area (Å²) in [6.07, 6.45) is 1.42. The molecule has 118 valence electrons. The molecule has 6 heteroatoms. The number of carbonyl (C=O) groups excluding carboxylic acids is 1. The van der Waals surface area contributed by atoms with Crippen LogP contribution in [-0.2, 0) is 4.74 Å². The molecule has 1 heterocycles. The highest BCUT2D eigenvalue weighted by molar-refractivity contribution is 5.68. The van der Waals surface area contributed by atoms with Crippen molar-refractivity contribution in [2.75, 3.05) is 26.2 Å². The summed E-state index contributed by atoms with van der Waals surface area (Å²) in [7, 11) is 0. The standard InChI is InChI=1S/C14H29N3O3/c1-13(2,3)20-12(19)17-6-4-5-14(9-16,10-17)7-11(18)8-15/h11,18H,4-10,15-16H2,1-3H3/t11-,14-/m0/s1. The molecule has 0 bridgehead atoms. The molecule has 0 radical (unpaired) electrons. The Balaban J connectivity index is 2.70. The lowest BCUT2D eigenvalue weighted by atomic mass is 9.75. The molecule has 0 spiro atoms. The van der Waals surface area contributed by atoms with Gasteiger partial charge in [-0.05, 0) is 46.6 Å². The topological polar surface area (TPSA) is 102 Å². The van der Waals surface area contributed by atoms with E-state index in [0.717, 1.165) is 12.8 Å². The number of piperidine rings is 1. The van der Waals surface area contributed by atoms with Crippen molar-refractivity contribution in [1.29, 1.82) is 0 Å². The zero-order valence-corrected chi connectivity index (χ0v) is 12.9. The van der Waals surface area contributed by atoms with Gasteiger partial charge in [-0.2, -0.15) is 0 Å². The molecule has 0 saturated carbocycles. The third-order valence-corrected chi connectivity index (χ3v) is 3.69. The smallest absolute Gasteiger partial charge is 0.410 e. The van der Waals surface area contributed by atoms with Gasteiger partial charge in [-0.15, -0.1) is 0 Å². The second kappa shape index (κ2) is 6.74. The highest BCUT2D eigenvalue weighted by Gasteiger charge is 2.38. The summed E-state index contributed by atoms with van der Waals surface area (Å²) in [6.45, 7) is 7.40. The van der Waals surface area contributed by atoms with Crippen molar-refractivity contribution in [3.05, 3.63) is 0 Å². The number of likely N-dealkylation sites (tertiary alicyclic amines) is 1. The Morgan fingerprint density at radius 3 is 2.60 bits per heavy atom. The Morgan fingerprint density at radius 1 is 1.45 bits per heavy atom. The minimum atomic E-state index is -0.572. The van der Waals surface area contributed by atoms with Crippen LogP contribution in [0.1, 0.15) is 40.0 Å². The van der Waals surface area contributed by atoms with Crippen molar-refractivity contribution >= 4 is 6.09 Å². The van der Waals surface area contributed by atoms with Gasteiger partial charge in [0.1, 0.15) is 5.60 Å². The SMILES string of the molecule is CC(C)(C)OC(=O)N1CCC[C@@](CN)(C[C@H](O)CN)C1. The van der Waals surface area contributed by atoms with Crippen molar-refractivity contribution in [2.24, 2.45) is 16.9 Å². The van der Waals surface area contributed by atoms with Crippen LogP contribution in [-0.4, -0.2) is 54.0 Å². The fraction of sp³-hybridized carbons (Fsp3) is 0.929. The minimum Gasteiger partial charge on any atom is -0.444 e. The summed E-state index contributed by atoms with van der Waals surface area (Å²) < 4.78 is 5.41. The van der Waals surface area contributed by atoms with Crippen LogP contribution in [0, 0.1) is 5.41 Å². The largest absolute Gasteiger partial charge is 0.444 e. The molecule has 1 amide bonds. The van der Waals surface area contributed by atoms with Gasteiger partial charge in [-0.1, -0.05) is 0 Å². The lowest BCUT2D eigenvalue weighted by Crippen LogP contribution is -2.52. The van der Waals surface area contributed by atoms with Gasteiger partial charge in [0.15, 0.2) is 0 Å². The van der Waals surface area contributed by atoms with Gasteiger partial charge in [0.2, 0.25) is 0 Å². The maximum atomic E-state index is 12.1. The number of nitrogens with two attached hydrogens (primary N) is 2. The molecule has 0 aromatic heterocycles. The zero-order chi connectivity index (χ0) is 15.4. The summed E-state index contributed by atoms with van der Waals surface area (Å²) in [5.74, 6) is 0. The number of aliphatic hydroxyl groups is 1. The van der Waals surface area contributed by atoms with Crippen molar-refractivity contribution in [1.82, 2.24) is 4.90 Å². The summed E-state index contributed by atoms with van der Waals surface area (Å²) in [5, 5.41) is 9.80. The number of carbonyl (C=O) groups is 1. The van der Waals surface area contributed by atoms with Gasteiger partial charge >= 0.3 is 6.09 Å². The summed E-state index contributed by atoms with van der Waals surface area (Å²) in [4.78, 5) is 13.8. The van der Waals surface area contributed by atoms with Crippen LogP contribution in [0.4, 0.5) is 4.79 Å². The van der Waals surface area contributed by atoms with E-state index in [9.17, 15) is 9.90 Å². The van der Waals surface area contributed by atoms with Crippen molar-refractivity contribution < 1.29 is 14.6 Å².